The van der Waals surface area contributed by atoms with E-state index in [1.165, 1.54) is 15.6 Å². The van der Waals surface area contributed by atoms with Crippen LogP contribution in [0.25, 0.3) is 0 Å². The Labute approximate surface area is 132 Å². The Morgan fingerprint density at radius 2 is 2.10 bits per heavy atom. The third kappa shape index (κ3) is 5.03. The summed E-state index contributed by atoms with van der Waals surface area (Å²) in [5.74, 6) is 0.271. The Kier molecular flexibility index (Phi) is 7.29. The fraction of sp³-hybridized carbons (Fsp3) is 0.714. The maximum Gasteiger partial charge on any atom is 0.244 e. The van der Waals surface area contributed by atoms with E-state index in [2.05, 4.69) is 5.32 Å². The Bertz CT molecular complexity index is 538. The van der Waals surface area contributed by atoms with Crippen LogP contribution in [0.4, 0.5) is 0 Å². The summed E-state index contributed by atoms with van der Waals surface area (Å²) in [5, 5.41) is 3.05. The first kappa shape index (κ1) is 18.6. The van der Waals surface area contributed by atoms with Crippen LogP contribution in [0.2, 0.25) is 0 Å². The van der Waals surface area contributed by atoms with Crippen LogP contribution in [-0.4, -0.2) is 46.6 Å². The molecule has 1 heterocycles. The normalized spacial score (nSPS) is 12.5. The Balaban J connectivity index is 3.09. The number of ether oxygens (including phenoxy) is 1. The van der Waals surface area contributed by atoms with E-state index in [-0.39, 0.29) is 5.92 Å². The summed E-state index contributed by atoms with van der Waals surface area (Å²) < 4.78 is 32.3. The molecule has 122 valence electrons. The highest BCUT2D eigenvalue weighted by Gasteiger charge is 2.28. The zero-order valence-electron chi connectivity index (χ0n) is 13.5. The number of aryl methyl sites for hydroxylation is 1. The number of methoxy groups -OCH3 is 1. The second-order valence-corrected chi connectivity index (χ2v) is 8.66. The summed E-state index contributed by atoms with van der Waals surface area (Å²) in [7, 11) is -0.0221. The average molecular weight is 335 g/mol. The van der Waals surface area contributed by atoms with Crippen molar-refractivity contribution in [2.75, 3.05) is 33.9 Å². The molecule has 1 aromatic rings. The van der Waals surface area contributed by atoms with Gasteiger partial charge in [-0.2, -0.15) is 4.31 Å². The van der Waals surface area contributed by atoms with Crippen molar-refractivity contribution in [3.8, 4) is 0 Å². The van der Waals surface area contributed by atoms with Crippen molar-refractivity contribution in [3.63, 3.8) is 0 Å². The molecule has 5 nitrogen and oxygen atoms in total. The molecule has 7 heteroatoms. The molecule has 0 radical (unpaired) electrons. The van der Waals surface area contributed by atoms with Crippen molar-refractivity contribution in [1.82, 2.24) is 9.62 Å². The molecular weight excluding hydrogens is 308 g/mol. The maximum absolute atomic E-state index is 12.9. The van der Waals surface area contributed by atoms with Gasteiger partial charge in [0.1, 0.15) is 0 Å². The minimum atomic E-state index is -3.46. The van der Waals surface area contributed by atoms with Gasteiger partial charge in [0.25, 0.3) is 0 Å². The van der Waals surface area contributed by atoms with Gasteiger partial charge in [0.2, 0.25) is 10.0 Å². The van der Waals surface area contributed by atoms with Crippen LogP contribution in [0.5, 0.6) is 0 Å². The summed E-state index contributed by atoms with van der Waals surface area (Å²) in [6.45, 7) is 7.86. The van der Waals surface area contributed by atoms with Gasteiger partial charge in [-0.05, 0) is 26.0 Å². The topological polar surface area (TPSA) is 58.6 Å². The number of thiophene rings is 1. The van der Waals surface area contributed by atoms with Gasteiger partial charge >= 0.3 is 0 Å². The molecule has 0 aliphatic carbocycles. The monoisotopic (exact) mass is 334 g/mol. The van der Waals surface area contributed by atoms with Gasteiger partial charge < -0.3 is 10.1 Å². The van der Waals surface area contributed by atoms with E-state index in [1.807, 2.05) is 27.8 Å². The average Bonchev–Trinajstić information content (AvgIpc) is 2.76. The summed E-state index contributed by atoms with van der Waals surface area (Å²) in [6.07, 6.45) is 0. The summed E-state index contributed by atoms with van der Waals surface area (Å²) in [5.41, 5.74) is 0. The summed E-state index contributed by atoms with van der Waals surface area (Å²) >= 11 is 1.53. The molecule has 0 amide bonds. The van der Waals surface area contributed by atoms with Gasteiger partial charge in [0, 0.05) is 36.5 Å². The van der Waals surface area contributed by atoms with Crippen LogP contribution in [0.1, 0.15) is 23.6 Å². The second kappa shape index (κ2) is 8.24. The molecule has 0 atom stereocenters. The molecule has 1 aromatic heterocycles. The van der Waals surface area contributed by atoms with E-state index in [9.17, 15) is 8.42 Å². The molecule has 0 unspecified atom stereocenters. The highest BCUT2D eigenvalue weighted by atomic mass is 32.2. The van der Waals surface area contributed by atoms with E-state index in [4.69, 9.17) is 4.74 Å². The molecule has 0 saturated carbocycles. The van der Waals surface area contributed by atoms with Crippen LogP contribution in [0.3, 0.4) is 0 Å². The van der Waals surface area contributed by atoms with Crippen molar-refractivity contribution >= 4 is 21.4 Å². The predicted octanol–water partition coefficient (Wildman–Crippen LogP) is 2.07. The fourth-order valence-electron chi connectivity index (χ4n) is 2.09. The first-order chi connectivity index (χ1) is 9.82. The van der Waals surface area contributed by atoms with E-state index in [0.717, 1.165) is 9.75 Å². The SMILES string of the molecule is CNCc1cc(S(=O)(=O)N(CCOC)CC(C)C)c(C)s1. The standard InChI is InChI=1S/C14H26N2O3S2/c1-11(2)10-16(6-7-19-5)21(17,18)14-8-13(9-15-4)20-12(14)3/h8,11,15H,6-7,9-10H2,1-5H3. The third-order valence-corrected chi connectivity index (χ3v) is 6.18. The summed E-state index contributed by atoms with van der Waals surface area (Å²) in [4.78, 5) is 2.30. The molecule has 0 saturated heterocycles. The molecule has 0 aliphatic heterocycles. The molecule has 21 heavy (non-hydrogen) atoms. The van der Waals surface area contributed by atoms with E-state index < -0.39 is 10.0 Å². The lowest BCUT2D eigenvalue weighted by atomic mass is 10.2. The molecule has 1 rings (SSSR count). The predicted molar refractivity (Wildman–Crippen MR) is 87.3 cm³/mol. The number of rotatable bonds is 9. The third-order valence-electron chi connectivity index (χ3n) is 3.01. The van der Waals surface area contributed by atoms with Crippen molar-refractivity contribution in [2.24, 2.45) is 5.92 Å². The van der Waals surface area contributed by atoms with Crippen molar-refractivity contribution in [2.45, 2.75) is 32.2 Å². The smallest absolute Gasteiger partial charge is 0.244 e. The molecule has 0 fully saturated rings. The lowest BCUT2D eigenvalue weighted by molar-refractivity contribution is 0.175. The molecule has 0 aromatic carbocycles. The van der Waals surface area contributed by atoms with E-state index in [0.29, 0.717) is 31.1 Å². The lowest BCUT2D eigenvalue weighted by Crippen LogP contribution is -2.36. The quantitative estimate of drug-likeness (QED) is 0.751. The molecule has 0 aliphatic rings. The van der Waals surface area contributed by atoms with E-state index in [1.54, 1.807) is 13.2 Å². The minimum absolute atomic E-state index is 0.271. The van der Waals surface area contributed by atoms with Crippen LogP contribution in [0.15, 0.2) is 11.0 Å². The number of sulfonamides is 1. The Hall–Kier alpha value is -0.470. The van der Waals surface area contributed by atoms with Crippen molar-refractivity contribution < 1.29 is 13.2 Å². The molecular formula is C14H26N2O3S2. The summed E-state index contributed by atoms with van der Waals surface area (Å²) in [6, 6.07) is 1.78. The van der Waals surface area contributed by atoms with Gasteiger partial charge in [0.15, 0.2) is 0 Å². The van der Waals surface area contributed by atoms with E-state index >= 15 is 0 Å². The lowest BCUT2D eigenvalue weighted by Gasteiger charge is -2.23. The fourth-order valence-corrected chi connectivity index (χ4v) is 5.29. The maximum atomic E-state index is 12.9. The Morgan fingerprint density at radius 1 is 1.43 bits per heavy atom. The number of nitrogens with one attached hydrogen (secondary N) is 1. The van der Waals surface area contributed by atoms with Gasteiger partial charge in [-0.25, -0.2) is 8.42 Å². The van der Waals surface area contributed by atoms with Crippen LogP contribution < -0.4 is 5.32 Å². The largest absolute Gasteiger partial charge is 0.383 e. The van der Waals surface area contributed by atoms with Gasteiger partial charge in [-0.15, -0.1) is 11.3 Å². The number of nitrogens with zero attached hydrogens (tertiary/aromatic N) is 1. The first-order valence-corrected chi connectivity index (χ1v) is 9.31. The molecule has 0 spiro atoms. The van der Waals surface area contributed by atoms with Gasteiger partial charge in [-0.1, -0.05) is 13.8 Å². The minimum Gasteiger partial charge on any atom is -0.383 e. The van der Waals surface area contributed by atoms with Crippen LogP contribution in [0, 0.1) is 12.8 Å². The molecule has 1 N–H and O–H groups in total. The Morgan fingerprint density at radius 3 is 2.62 bits per heavy atom. The number of hydrogen-bond acceptors (Lipinski definition) is 5. The molecule has 0 bridgehead atoms. The van der Waals surface area contributed by atoms with Crippen molar-refractivity contribution in [1.29, 1.82) is 0 Å². The number of hydrogen-bond donors (Lipinski definition) is 1. The second-order valence-electron chi connectivity index (χ2n) is 5.41. The van der Waals surface area contributed by atoms with Crippen LogP contribution >= 0.6 is 11.3 Å². The van der Waals surface area contributed by atoms with Crippen molar-refractivity contribution in [3.05, 3.63) is 15.8 Å². The van der Waals surface area contributed by atoms with Gasteiger partial charge in [-0.3, -0.25) is 0 Å². The van der Waals surface area contributed by atoms with Crippen LogP contribution in [-0.2, 0) is 21.3 Å². The van der Waals surface area contributed by atoms with Gasteiger partial charge in [0.05, 0.1) is 11.5 Å². The highest BCUT2D eigenvalue weighted by Crippen LogP contribution is 2.28. The highest BCUT2D eigenvalue weighted by molar-refractivity contribution is 7.89. The zero-order valence-corrected chi connectivity index (χ0v) is 15.1. The zero-order chi connectivity index (χ0) is 16.0. The first-order valence-electron chi connectivity index (χ1n) is 7.06.